The van der Waals surface area contributed by atoms with E-state index < -0.39 is 23.4 Å². The number of hydrogen-bond acceptors (Lipinski definition) is 6. The van der Waals surface area contributed by atoms with E-state index in [-0.39, 0.29) is 49.4 Å². The number of esters is 1. The van der Waals surface area contributed by atoms with Crippen LogP contribution in [-0.2, 0) is 9.57 Å². The van der Waals surface area contributed by atoms with E-state index in [9.17, 15) is 18.4 Å². The number of alkyl halides is 1. The number of piperidine rings is 1. The third-order valence-electron chi connectivity index (χ3n) is 4.67. The zero-order chi connectivity index (χ0) is 20.9. The van der Waals surface area contributed by atoms with Crippen LogP contribution in [0, 0.1) is 5.82 Å². The number of para-hydroxylation sites is 1. The number of carbonyl (C=O) groups is 2. The van der Waals surface area contributed by atoms with Crippen LogP contribution in [0.4, 0.5) is 8.78 Å². The number of nitrogens with zero attached hydrogens (tertiary/aromatic N) is 1. The molecule has 0 atom stereocenters. The molecule has 0 unspecified atom stereocenters. The van der Waals surface area contributed by atoms with Crippen molar-refractivity contribution in [2.45, 2.75) is 18.5 Å². The fraction of sp³-hybridized carbons (Fsp3) is 0.333. The second kappa shape index (κ2) is 9.00. The number of hydrogen-bond donors (Lipinski definition) is 0. The molecular weight excluding hydrogens is 384 g/mol. The Morgan fingerprint density at radius 2 is 1.69 bits per heavy atom. The SMILES string of the molecule is COC(=O)c1cccc(C(=O)ON2CCC(F)(COc3ccccc3F)CC2)c1. The third kappa shape index (κ3) is 5.29. The molecule has 0 bridgehead atoms. The lowest BCUT2D eigenvalue weighted by Gasteiger charge is -2.34. The largest absolute Gasteiger partial charge is 0.487 e. The average Bonchev–Trinajstić information content (AvgIpc) is 2.74. The van der Waals surface area contributed by atoms with E-state index >= 15 is 0 Å². The molecule has 0 aromatic heterocycles. The predicted molar refractivity (Wildman–Crippen MR) is 99.7 cm³/mol. The maximum absolute atomic E-state index is 14.9. The zero-order valence-corrected chi connectivity index (χ0v) is 15.9. The molecule has 154 valence electrons. The first-order valence-corrected chi connectivity index (χ1v) is 9.12. The van der Waals surface area contributed by atoms with Gasteiger partial charge in [0.2, 0.25) is 0 Å². The van der Waals surface area contributed by atoms with Crippen LogP contribution in [0.1, 0.15) is 33.6 Å². The average molecular weight is 405 g/mol. The standard InChI is InChI=1S/C21H21F2NO5/c1-27-19(25)15-5-4-6-16(13-15)20(26)29-24-11-9-21(23,10-12-24)14-28-18-8-3-2-7-17(18)22/h2-8,13H,9-12,14H2,1H3. The Morgan fingerprint density at radius 3 is 2.34 bits per heavy atom. The van der Waals surface area contributed by atoms with Crippen LogP contribution < -0.4 is 4.74 Å². The summed E-state index contributed by atoms with van der Waals surface area (Å²) in [6, 6.07) is 11.8. The van der Waals surface area contributed by atoms with Gasteiger partial charge in [0.15, 0.2) is 11.6 Å². The molecular formula is C21H21F2NO5. The van der Waals surface area contributed by atoms with Crippen LogP contribution in [0.2, 0.25) is 0 Å². The predicted octanol–water partition coefficient (Wildman–Crippen LogP) is 3.57. The summed E-state index contributed by atoms with van der Waals surface area (Å²) in [6.45, 7) is 0.0516. The maximum Gasteiger partial charge on any atom is 0.357 e. The van der Waals surface area contributed by atoms with Crippen molar-refractivity contribution in [2.75, 3.05) is 26.8 Å². The molecule has 0 spiro atoms. The lowest BCUT2D eigenvalue weighted by molar-refractivity contribution is -0.144. The summed E-state index contributed by atoms with van der Waals surface area (Å²) in [6.07, 6.45) is 0.133. The molecule has 1 aliphatic heterocycles. The van der Waals surface area contributed by atoms with Gasteiger partial charge in [-0.2, -0.15) is 0 Å². The summed E-state index contributed by atoms with van der Waals surface area (Å²) in [7, 11) is 1.25. The Bertz CT molecular complexity index is 881. The summed E-state index contributed by atoms with van der Waals surface area (Å²) in [4.78, 5) is 29.2. The van der Waals surface area contributed by atoms with Gasteiger partial charge >= 0.3 is 11.9 Å². The van der Waals surface area contributed by atoms with Crippen LogP contribution in [0.3, 0.4) is 0 Å². The normalized spacial score (nSPS) is 16.1. The highest BCUT2D eigenvalue weighted by atomic mass is 19.1. The number of benzene rings is 2. The summed E-state index contributed by atoms with van der Waals surface area (Å²) in [5.74, 6) is -1.75. The maximum atomic E-state index is 14.9. The van der Waals surface area contributed by atoms with Crippen LogP contribution in [0.5, 0.6) is 5.75 Å². The molecule has 0 radical (unpaired) electrons. The Hall–Kier alpha value is -3.00. The molecule has 2 aromatic carbocycles. The van der Waals surface area contributed by atoms with Crippen LogP contribution >= 0.6 is 0 Å². The molecule has 3 rings (SSSR count). The number of ether oxygens (including phenoxy) is 2. The van der Waals surface area contributed by atoms with Gasteiger partial charge in [-0.3, -0.25) is 0 Å². The van der Waals surface area contributed by atoms with E-state index in [1.165, 1.54) is 48.6 Å². The van der Waals surface area contributed by atoms with Crippen molar-refractivity contribution in [3.05, 3.63) is 65.5 Å². The first-order valence-electron chi connectivity index (χ1n) is 9.12. The zero-order valence-electron chi connectivity index (χ0n) is 15.9. The fourth-order valence-corrected chi connectivity index (χ4v) is 2.95. The first-order chi connectivity index (χ1) is 13.9. The number of hydroxylamine groups is 2. The van der Waals surface area contributed by atoms with Gasteiger partial charge in [-0.15, -0.1) is 5.06 Å². The minimum absolute atomic E-state index is 0.00358. The van der Waals surface area contributed by atoms with Crippen molar-refractivity contribution in [1.29, 1.82) is 0 Å². The van der Waals surface area contributed by atoms with Crippen molar-refractivity contribution in [3.8, 4) is 5.75 Å². The summed E-state index contributed by atoms with van der Waals surface area (Å²) in [5, 5.41) is 1.37. The Morgan fingerprint density at radius 1 is 1.03 bits per heavy atom. The van der Waals surface area contributed by atoms with Crippen LogP contribution in [-0.4, -0.2) is 49.5 Å². The van der Waals surface area contributed by atoms with Gasteiger partial charge < -0.3 is 14.3 Å². The highest BCUT2D eigenvalue weighted by Crippen LogP contribution is 2.29. The Balaban J connectivity index is 1.52. The van der Waals surface area contributed by atoms with Gasteiger partial charge in [-0.05, 0) is 30.3 Å². The van der Waals surface area contributed by atoms with Gasteiger partial charge in [-0.25, -0.2) is 18.4 Å². The quantitative estimate of drug-likeness (QED) is 0.685. The van der Waals surface area contributed by atoms with Gasteiger partial charge in [0.05, 0.1) is 18.2 Å². The second-order valence-corrected chi connectivity index (χ2v) is 6.75. The molecule has 2 aromatic rings. The summed E-state index contributed by atoms with van der Waals surface area (Å²) < 4.78 is 38.5. The number of carbonyl (C=O) groups excluding carboxylic acids is 2. The van der Waals surface area contributed by atoms with Crippen molar-refractivity contribution >= 4 is 11.9 Å². The minimum atomic E-state index is -1.64. The van der Waals surface area contributed by atoms with Gasteiger partial charge in [0.1, 0.15) is 12.3 Å². The molecule has 6 nitrogen and oxygen atoms in total. The molecule has 0 saturated carbocycles. The number of methoxy groups -OCH3 is 1. The molecule has 1 fully saturated rings. The molecule has 0 aliphatic carbocycles. The Labute approximate surface area is 166 Å². The van der Waals surface area contributed by atoms with Crippen LogP contribution in [0.25, 0.3) is 0 Å². The molecule has 0 N–H and O–H groups in total. The smallest absolute Gasteiger partial charge is 0.357 e. The molecule has 8 heteroatoms. The summed E-state index contributed by atoms with van der Waals surface area (Å²) >= 11 is 0. The highest BCUT2D eigenvalue weighted by molar-refractivity contribution is 5.95. The van der Waals surface area contributed by atoms with Gasteiger partial charge in [0.25, 0.3) is 0 Å². The van der Waals surface area contributed by atoms with E-state index in [1.54, 1.807) is 12.1 Å². The van der Waals surface area contributed by atoms with Crippen molar-refractivity contribution in [3.63, 3.8) is 0 Å². The van der Waals surface area contributed by atoms with Crippen molar-refractivity contribution < 1.29 is 32.7 Å². The molecule has 0 amide bonds. The Kier molecular flexibility index (Phi) is 6.43. The monoisotopic (exact) mass is 405 g/mol. The van der Waals surface area contributed by atoms with E-state index in [1.807, 2.05) is 0 Å². The summed E-state index contributed by atoms with van der Waals surface area (Å²) in [5.41, 5.74) is -1.22. The lowest BCUT2D eigenvalue weighted by atomic mass is 9.95. The molecule has 29 heavy (non-hydrogen) atoms. The minimum Gasteiger partial charge on any atom is -0.487 e. The van der Waals surface area contributed by atoms with E-state index in [0.717, 1.165) is 0 Å². The number of halogens is 2. The second-order valence-electron chi connectivity index (χ2n) is 6.75. The lowest BCUT2D eigenvalue weighted by Crippen LogP contribution is -2.45. The van der Waals surface area contributed by atoms with Gasteiger partial charge in [-0.1, -0.05) is 18.2 Å². The molecule has 1 saturated heterocycles. The number of rotatable bonds is 6. The molecule has 1 aliphatic rings. The topological polar surface area (TPSA) is 65.1 Å². The van der Waals surface area contributed by atoms with Crippen molar-refractivity contribution in [2.24, 2.45) is 0 Å². The fourth-order valence-electron chi connectivity index (χ4n) is 2.95. The third-order valence-corrected chi connectivity index (χ3v) is 4.67. The first kappa shape index (κ1) is 20.7. The van der Waals surface area contributed by atoms with E-state index in [4.69, 9.17) is 9.57 Å². The highest BCUT2D eigenvalue weighted by Gasteiger charge is 2.37. The van der Waals surface area contributed by atoms with Crippen molar-refractivity contribution in [1.82, 2.24) is 5.06 Å². The van der Waals surface area contributed by atoms with E-state index in [2.05, 4.69) is 4.74 Å². The van der Waals surface area contributed by atoms with Crippen LogP contribution in [0.15, 0.2) is 48.5 Å². The van der Waals surface area contributed by atoms with E-state index in [0.29, 0.717) is 0 Å². The van der Waals surface area contributed by atoms with Gasteiger partial charge in [0, 0.05) is 25.9 Å². The molecule has 1 heterocycles.